The molecule has 0 unspecified atom stereocenters. The van der Waals surface area contributed by atoms with Gasteiger partial charge in [-0.25, -0.2) is 9.79 Å². The summed E-state index contributed by atoms with van der Waals surface area (Å²) in [6.07, 6.45) is -12.1. The Morgan fingerprint density at radius 1 is 1.13 bits per heavy atom. The average molecular weight is 469 g/mol. The number of aliphatic imine (C=N–C) groups is 1. The molecule has 0 bridgehead atoms. The van der Waals surface area contributed by atoms with E-state index in [0.29, 0.717) is 4.57 Å². The van der Waals surface area contributed by atoms with E-state index in [9.17, 15) is 35.9 Å². The van der Waals surface area contributed by atoms with Crippen LogP contribution in [0, 0.1) is 5.92 Å². The lowest BCUT2D eigenvalue weighted by atomic mass is 9.87. The summed E-state index contributed by atoms with van der Waals surface area (Å²) >= 11 is 5.83. The third-order valence-corrected chi connectivity index (χ3v) is 4.78. The predicted octanol–water partition coefficient (Wildman–Crippen LogP) is 4.04. The summed E-state index contributed by atoms with van der Waals surface area (Å²) in [5.41, 5.74) is -9.84. The van der Waals surface area contributed by atoms with E-state index in [-0.39, 0.29) is 23.0 Å². The van der Waals surface area contributed by atoms with Crippen LogP contribution in [0.3, 0.4) is 0 Å². The fourth-order valence-electron chi connectivity index (χ4n) is 3.28. The maximum atomic E-state index is 14.1. The molecule has 13 heteroatoms. The number of hydrogen-bond acceptors (Lipinski definition) is 4. The monoisotopic (exact) mass is 468 g/mol. The number of halogens is 7. The molecular weight excluding hydrogens is 454 g/mol. The van der Waals surface area contributed by atoms with Crippen molar-refractivity contribution >= 4 is 23.3 Å². The third-order valence-electron chi connectivity index (χ3n) is 4.54. The summed E-state index contributed by atoms with van der Waals surface area (Å²) in [6, 6.07) is 4.97. The maximum absolute atomic E-state index is 14.1. The smallest absolute Gasteiger partial charge is 0.326 e. The van der Waals surface area contributed by atoms with Gasteiger partial charge in [-0.05, 0) is 18.1 Å². The van der Waals surface area contributed by atoms with Gasteiger partial charge < -0.3 is 5.32 Å². The van der Waals surface area contributed by atoms with Gasteiger partial charge in [-0.2, -0.15) is 26.3 Å². The van der Waals surface area contributed by atoms with Crippen molar-refractivity contribution in [3.8, 4) is 0 Å². The van der Waals surface area contributed by atoms with Crippen LogP contribution < -0.4 is 16.6 Å². The maximum Gasteiger partial charge on any atom is 0.427 e. The Hall–Kier alpha value is -2.76. The lowest BCUT2D eigenvalue weighted by Crippen LogP contribution is -2.59. The van der Waals surface area contributed by atoms with Crippen LogP contribution in [-0.2, 0) is 12.1 Å². The van der Waals surface area contributed by atoms with Crippen molar-refractivity contribution in [3.05, 3.63) is 61.3 Å². The van der Waals surface area contributed by atoms with E-state index in [1.165, 1.54) is 18.2 Å². The van der Waals surface area contributed by atoms with Gasteiger partial charge in [0.05, 0.1) is 0 Å². The van der Waals surface area contributed by atoms with Crippen molar-refractivity contribution in [2.24, 2.45) is 10.9 Å². The molecule has 1 aliphatic rings. The van der Waals surface area contributed by atoms with Crippen LogP contribution in [0.25, 0.3) is 0 Å². The largest absolute Gasteiger partial charge is 0.427 e. The number of anilines is 1. The average Bonchev–Trinajstić information content (AvgIpc) is 2.62. The molecule has 0 saturated carbocycles. The molecule has 0 spiro atoms. The van der Waals surface area contributed by atoms with Gasteiger partial charge in [0.25, 0.3) is 11.1 Å². The van der Waals surface area contributed by atoms with Gasteiger partial charge in [0.15, 0.2) is 0 Å². The number of aromatic nitrogens is 2. The highest BCUT2D eigenvalue weighted by atomic mass is 35.5. The Balaban J connectivity index is 2.50. The first kappa shape index (κ1) is 22.9. The zero-order chi connectivity index (χ0) is 23.4. The fourth-order valence-corrected chi connectivity index (χ4v) is 3.47. The number of nitrogens with zero attached hydrogens (tertiary/aromatic N) is 2. The first-order chi connectivity index (χ1) is 14.2. The molecule has 2 N–H and O–H groups in total. The normalized spacial score (nSPS) is 16.0. The van der Waals surface area contributed by atoms with Gasteiger partial charge in [0.1, 0.15) is 17.2 Å². The Labute approximate surface area is 175 Å². The van der Waals surface area contributed by atoms with Gasteiger partial charge in [0.2, 0.25) is 0 Å². The number of H-pyrrole nitrogens is 1. The van der Waals surface area contributed by atoms with Crippen LogP contribution in [0.4, 0.5) is 32.2 Å². The molecule has 1 aliphatic heterocycles. The van der Waals surface area contributed by atoms with Crippen molar-refractivity contribution in [2.75, 3.05) is 5.32 Å². The Morgan fingerprint density at radius 2 is 1.74 bits per heavy atom. The minimum absolute atomic E-state index is 0.0305. The second-order valence-corrected chi connectivity index (χ2v) is 7.73. The van der Waals surface area contributed by atoms with Crippen LogP contribution in [0.1, 0.15) is 25.0 Å². The summed E-state index contributed by atoms with van der Waals surface area (Å²) in [4.78, 5) is 29.2. The van der Waals surface area contributed by atoms with Gasteiger partial charge in [0, 0.05) is 17.1 Å². The van der Waals surface area contributed by atoms with E-state index in [1.807, 2.05) is 0 Å². The number of fused-ring (bicyclic) bond motifs is 1. The third kappa shape index (κ3) is 3.73. The molecule has 0 saturated heterocycles. The van der Waals surface area contributed by atoms with Crippen LogP contribution in [0.2, 0.25) is 5.02 Å². The second-order valence-electron chi connectivity index (χ2n) is 7.29. The molecule has 0 fully saturated rings. The molecular formula is C18H15ClF6N4O2. The van der Waals surface area contributed by atoms with E-state index in [2.05, 4.69) is 10.3 Å². The first-order valence-electron chi connectivity index (χ1n) is 8.83. The Bertz CT molecular complexity index is 1150. The molecule has 2 aromatic rings. The van der Waals surface area contributed by atoms with Gasteiger partial charge >= 0.3 is 18.0 Å². The molecule has 6 nitrogen and oxygen atoms in total. The number of hydrogen-bond donors (Lipinski definition) is 2. The first-order valence-corrected chi connectivity index (χ1v) is 9.20. The summed E-state index contributed by atoms with van der Waals surface area (Å²) < 4.78 is 85.2. The van der Waals surface area contributed by atoms with E-state index in [4.69, 9.17) is 11.6 Å². The molecule has 0 atom stereocenters. The number of alkyl halides is 6. The van der Waals surface area contributed by atoms with Crippen molar-refractivity contribution < 1.29 is 26.3 Å². The predicted molar refractivity (Wildman–Crippen MR) is 102 cm³/mol. The van der Waals surface area contributed by atoms with Gasteiger partial charge in [-0.1, -0.05) is 37.6 Å². The van der Waals surface area contributed by atoms with Crippen molar-refractivity contribution in [2.45, 2.75) is 38.3 Å². The van der Waals surface area contributed by atoms with Crippen LogP contribution >= 0.6 is 11.6 Å². The van der Waals surface area contributed by atoms with Gasteiger partial charge in [-0.15, -0.1) is 0 Å². The van der Waals surface area contributed by atoms with E-state index in [1.54, 1.807) is 18.8 Å². The highest BCUT2D eigenvalue weighted by molar-refractivity contribution is 6.31. The minimum Gasteiger partial charge on any atom is -0.326 e. The SMILES string of the molecule is CC(C)Cn1c2c(c(=O)[nH]c1=O)C(C(F)(F)F)(C(F)(F)F)N=C(c1cccc(Cl)c1)N2. The van der Waals surface area contributed by atoms with Gasteiger partial charge in [-0.3, -0.25) is 14.3 Å². The quantitative estimate of drug-likeness (QED) is 0.667. The summed E-state index contributed by atoms with van der Waals surface area (Å²) in [5, 5.41) is 2.36. The van der Waals surface area contributed by atoms with E-state index < -0.39 is 46.4 Å². The summed E-state index contributed by atoms with van der Waals surface area (Å²) in [5.74, 6) is -2.12. The van der Waals surface area contributed by atoms with Crippen LogP contribution in [-0.4, -0.2) is 27.7 Å². The van der Waals surface area contributed by atoms with Crippen molar-refractivity contribution in [3.63, 3.8) is 0 Å². The van der Waals surface area contributed by atoms with Crippen molar-refractivity contribution in [1.29, 1.82) is 0 Å². The molecule has 1 aromatic heterocycles. The minimum atomic E-state index is -6.06. The second kappa shape index (κ2) is 7.43. The topological polar surface area (TPSA) is 79.2 Å². The Morgan fingerprint density at radius 3 is 2.26 bits per heavy atom. The number of amidine groups is 1. The summed E-state index contributed by atoms with van der Waals surface area (Å²) in [6.45, 7) is 2.93. The standard InChI is InChI=1S/C18H15ClF6N4O2/c1-8(2)7-29-13-11(14(30)27-15(29)31)16(17(20,21)22,18(23,24)25)28-12(26-13)9-4-3-5-10(19)6-9/h3-6,8H,7H2,1-2H3,(H,26,28)(H,27,30,31). The van der Waals surface area contributed by atoms with Crippen LogP contribution in [0.5, 0.6) is 0 Å². The van der Waals surface area contributed by atoms with Crippen molar-refractivity contribution in [1.82, 2.24) is 9.55 Å². The summed E-state index contributed by atoms with van der Waals surface area (Å²) in [7, 11) is 0. The molecule has 31 heavy (non-hydrogen) atoms. The molecule has 1 aromatic carbocycles. The molecule has 3 rings (SSSR count). The number of aromatic amines is 1. The number of nitrogens with one attached hydrogen (secondary N) is 2. The highest BCUT2D eigenvalue weighted by Gasteiger charge is 2.75. The zero-order valence-electron chi connectivity index (χ0n) is 16.0. The van der Waals surface area contributed by atoms with E-state index in [0.717, 1.165) is 6.07 Å². The lowest BCUT2D eigenvalue weighted by Gasteiger charge is -2.38. The number of benzene rings is 1. The molecule has 0 aliphatic carbocycles. The molecule has 168 valence electrons. The number of rotatable bonds is 3. The zero-order valence-corrected chi connectivity index (χ0v) is 16.7. The lowest BCUT2D eigenvalue weighted by molar-refractivity contribution is -0.301. The molecule has 0 radical (unpaired) electrons. The van der Waals surface area contributed by atoms with Crippen LogP contribution in [0.15, 0.2) is 38.8 Å². The molecule has 2 heterocycles. The molecule has 0 amide bonds. The van der Waals surface area contributed by atoms with E-state index >= 15 is 0 Å². The fraction of sp³-hybridized carbons (Fsp3) is 0.389. The highest BCUT2D eigenvalue weighted by Crippen LogP contribution is 2.55. The Kier molecular flexibility index (Phi) is 5.49.